The molecule has 0 fully saturated rings. The highest BCUT2D eigenvalue weighted by Crippen LogP contribution is 2.16. The number of carbonyl (C=O) groups is 2. The van der Waals surface area contributed by atoms with E-state index in [9.17, 15) is 19.2 Å². The predicted molar refractivity (Wildman–Crippen MR) is 139 cm³/mol. The number of aryl methyl sites for hydroxylation is 2. The Hall–Kier alpha value is -3.68. The Bertz CT molecular complexity index is 1340. The van der Waals surface area contributed by atoms with Gasteiger partial charge in [-0.25, -0.2) is 4.79 Å². The van der Waals surface area contributed by atoms with Crippen molar-refractivity contribution >= 4 is 28.4 Å². The zero-order chi connectivity index (χ0) is 25.5. The van der Waals surface area contributed by atoms with Crippen molar-refractivity contribution in [3.63, 3.8) is 0 Å². The van der Waals surface area contributed by atoms with Crippen LogP contribution in [0.2, 0.25) is 0 Å². The molecule has 186 valence electrons. The maximum atomic E-state index is 13.3. The minimum atomic E-state index is -0.533. The lowest BCUT2D eigenvalue weighted by Crippen LogP contribution is -2.41. The van der Waals surface area contributed by atoms with Gasteiger partial charge in [-0.15, -0.1) is 0 Å². The molecule has 0 aliphatic rings. The van der Waals surface area contributed by atoms with E-state index in [0.29, 0.717) is 48.3 Å². The highest BCUT2D eigenvalue weighted by atomic mass is 16.2. The van der Waals surface area contributed by atoms with Gasteiger partial charge in [-0.3, -0.25) is 23.5 Å². The van der Waals surface area contributed by atoms with Crippen LogP contribution < -0.4 is 21.9 Å². The summed E-state index contributed by atoms with van der Waals surface area (Å²) in [6.45, 7) is 8.48. The van der Waals surface area contributed by atoms with E-state index in [-0.39, 0.29) is 30.5 Å². The van der Waals surface area contributed by atoms with Crippen LogP contribution in [0, 0.1) is 19.8 Å². The van der Waals surface area contributed by atoms with E-state index >= 15 is 0 Å². The van der Waals surface area contributed by atoms with E-state index in [1.54, 1.807) is 24.3 Å². The van der Waals surface area contributed by atoms with Crippen LogP contribution in [0.5, 0.6) is 0 Å². The average Bonchev–Trinajstić information content (AvgIpc) is 2.82. The number of amides is 2. The third-order valence-electron chi connectivity index (χ3n) is 5.84. The standard InChI is InChI=1S/C27H34N4O4/c1-18(2)16-28-24(32)11-7-8-14-30-26(34)21-9-5-6-10-23(21)31(27(30)35)17-25(33)29-22-15-19(3)12-13-20(22)4/h5-6,9-10,12-13,15,18H,7-8,11,14,16-17H2,1-4H3,(H,28,32)(H,29,33). The first-order valence-electron chi connectivity index (χ1n) is 12.0. The van der Waals surface area contributed by atoms with Crippen LogP contribution in [-0.2, 0) is 22.7 Å². The number of anilines is 1. The summed E-state index contributed by atoms with van der Waals surface area (Å²) >= 11 is 0. The zero-order valence-corrected chi connectivity index (χ0v) is 20.9. The van der Waals surface area contributed by atoms with Crippen LogP contribution in [0.4, 0.5) is 5.69 Å². The van der Waals surface area contributed by atoms with Gasteiger partial charge in [0.15, 0.2) is 0 Å². The number of aromatic nitrogens is 2. The number of benzene rings is 2. The highest BCUT2D eigenvalue weighted by molar-refractivity contribution is 5.92. The zero-order valence-electron chi connectivity index (χ0n) is 20.9. The number of carbonyl (C=O) groups excluding carboxylic acids is 2. The first kappa shape index (κ1) is 25.9. The molecule has 1 aromatic heterocycles. The molecule has 8 heteroatoms. The van der Waals surface area contributed by atoms with Gasteiger partial charge >= 0.3 is 5.69 Å². The molecular formula is C27H34N4O4. The molecule has 0 bridgehead atoms. The second-order valence-electron chi connectivity index (χ2n) is 9.36. The number of para-hydroxylation sites is 1. The molecule has 0 spiro atoms. The van der Waals surface area contributed by atoms with Crippen molar-refractivity contribution < 1.29 is 9.59 Å². The number of nitrogens with one attached hydrogen (secondary N) is 2. The molecule has 2 aromatic carbocycles. The van der Waals surface area contributed by atoms with Crippen LogP contribution in [0.1, 0.15) is 44.2 Å². The maximum Gasteiger partial charge on any atom is 0.331 e. The lowest BCUT2D eigenvalue weighted by atomic mass is 10.1. The Labute approximate surface area is 205 Å². The van der Waals surface area contributed by atoms with E-state index in [1.807, 2.05) is 45.9 Å². The van der Waals surface area contributed by atoms with Crippen LogP contribution in [0.25, 0.3) is 10.9 Å². The number of hydrogen-bond donors (Lipinski definition) is 2. The summed E-state index contributed by atoms with van der Waals surface area (Å²) in [4.78, 5) is 51.1. The quantitative estimate of drug-likeness (QED) is 0.436. The average molecular weight is 479 g/mol. The molecule has 0 unspecified atom stereocenters. The van der Waals surface area contributed by atoms with Gasteiger partial charge in [0.05, 0.1) is 10.9 Å². The molecule has 0 atom stereocenters. The largest absolute Gasteiger partial charge is 0.356 e. The summed E-state index contributed by atoms with van der Waals surface area (Å²) < 4.78 is 2.51. The first-order valence-corrected chi connectivity index (χ1v) is 12.0. The normalized spacial score (nSPS) is 11.1. The van der Waals surface area contributed by atoms with Gasteiger partial charge < -0.3 is 10.6 Å². The van der Waals surface area contributed by atoms with Gasteiger partial charge in [-0.05, 0) is 61.9 Å². The molecule has 3 aromatic rings. The Morgan fingerprint density at radius 3 is 2.43 bits per heavy atom. The van der Waals surface area contributed by atoms with Crippen molar-refractivity contribution in [2.75, 3.05) is 11.9 Å². The van der Waals surface area contributed by atoms with Crippen molar-refractivity contribution in [2.24, 2.45) is 5.92 Å². The molecule has 0 saturated carbocycles. The summed E-state index contributed by atoms with van der Waals surface area (Å²) in [5.74, 6) is -0.0105. The van der Waals surface area contributed by atoms with Gasteiger partial charge in [0.25, 0.3) is 5.56 Å². The van der Waals surface area contributed by atoms with Crippen molar-refractivity contribution in [3.8, 4) is 0 Å². The van der Waals surface area contributed by atoms with Crippen molar-refractivity contribution in [2.45, 2.75) is 60.0 Å². The smallest absolute Gasteiger partial charge is 0.331 e. The third-order valence-corrected chi connectivity index (χ3v) is 5.84. The van der Waals surface area contributed by atoms with Gasteiger partial charge in [-0.1, -0.05) is 38.1 Å². The Morgan fingerprint density at radius 1 is 0.943 bits per heavy atom. The van der Waals surface area contributed by atoms with Crippen molar-refractivity contribution in [1.29, 1.82) is 0 Å². The summed E-state index contributed by atoms with van der Waals surface area (Å²) in [7, 11) is 0. The molecule has 8 nitrogen and oxygen atoms in total. The molecule has 0 saturated heterocycles. The number of unbranched alkanes of at least 4 members (excludes halogenated alkanes) is 1. The first-order chi connectivity index (χ1) is 16.7. The topological polar surface area (TPSA) is 102 Å². The molecule has 2 N–H and O–H groups in total. The van der Waals surface area contributed by atoms with Gasteiger partial charge in [0.1, 0.15) is 6.54 Å². The SMILES string of the molecule is Cc1ccc(C)c(NC(=O)Cn2c(=O)n(CCCCC(=O)NCC(C)C)c(=O)c3ccccc32)c1. The second-order valence-corrected chi connectivity index (χ2v) is 9.36. The predicted octanol–water partition coefficient (Wildman–Crippen LogP) is 3.36. The van der Waals surface area contributed by atoms with Crippen LogP contribution >= 0.6 is 0 Å². The minimum Gasteiger partial charge on any atom is -0.356 e. The molecule has 2 amide bonds. The maximum absolute atomic E-state index is 13.3. The van der Waals surface area contributed by atoms with Crippen LogP contribution in [0.15, 0.2) is 52.1 Å². The lowest BCUT2D eigenvalue weighted by molar-refractivity contribution is -0.121. The van der Waals surface area contributed by atoms with E-state index in [2.05, 4.69) is 10.6 Å². The van der Waals surface area contributed by atoms with E-state index in [0.717, 1.165) is 11.1 Å². The minimum absolute atomic E-state index is 0.0370. The van der Waals surface area contributed by atoms with Crippen LogP contribution in [-0.4, -0.2) is 27.5 Å². The fourth-order valence-electron chi connectivity index (χ4n) is 3.89. The fourth-order valence-corrected chi connectivity index (χ4v) is 3.89. The molecule has 3 rings (SSSR count). The Kier molecular flexibility index (Phi) is 8.63. The lowest BCUT2D eigenvalue weighted by Gasteiger charge is -2.15. The van der Waals surface area contributed by atoms with Gasteiger partial charge in [0, 0.05) is 25.2 Å². The molecule has 35 heavy (non-hydrogen) atoms. The summed E-state index contributed by atoms with van der Waals surface area (Å²) in [6, 6.07) is 12.6. The Balaban J connectivity index is 1.80. The number of hydrogen-bond acceptors (Lipinski definition) is 4. The van der Waals surface area contributed by atoms with Gasteiger partial charge in [-0.2, -0.15) is 0 Å². The van der Waals surface area contributed by atoms with Crippen molar-refractivity contribution in [1.82, 2.24) is 14.5 Å². The molecule has 0 radical (unpaired) electrons. The summed E-state index contributed by atoms with van der Waals surface area (Å²) in [5.41, 5.74) is 2.12. The molecule has 0 aliphatic carbocycles. The monoisotopic (exact) mass is 478 g/mol. The van der Waals surface area contributed by atoms with E-state index in [4.69, 9.17) is 0 Å². The second kappa shape index (κ2) is 11.6. The number of fused-ring (bicyclic) bond motifs is 1. The fraction of sp³-hybridized carbons (Fsp3) is 0.407. The summed E-state index contributed by atoms with van der Waals surface area (Å²) in [6.07, 6.45) is 1.38. The Morgan fingerprint density at radius 2 is 1.69 bits per heavy atom. The van der Waals surface area contributed by atoms with E-state index in [1.165, 1.54) is 9.13 Å². The summed E-state index contributed by atoms with van der Waals surface area (Å²) in [5, 5.41) is 6.12. The molecular weight excluding hydrogens is 444 g/mol. The van der Waals surface area contributed by atoms with Crippen molar-refractivity contribution in [3.05, 3.63) is 74.4 Å². The number of rotatable bonds is 10. The molecule has 0 aliphatic heterocycles. The number of nitrogens with zero attached hydrogens (tertiary/aromatic N) is 2. The highest BCUT2D eigenvalue weighted by Gasteiger charge is 2.16. The van der Waals surface area contributed by atoms with Crippen LogP contribution in [0.3, 0.4) is 0 Å². The third kappa shape index (κ3) is 6.68. The van der Waals surface area contributed by atoms with Gasteiger partial charge in [0.2, 0.25) is 11.8 Å². The van der Waals surface area contributed by atoms with E-state index < -0.39 is 5.69 Å². The molecule has 1 heterocycles.